The second kappa shape index (κ2) is 4.51. The number of hydrogen-bond donors (Lipinski definition) is 2. The Hall–Kier alpha value is -1.30. The van der Waals surface area contributed by atoms with Crippen molar-refractivity contribution >= 4 is 12.0 Å². The van der Waals surface area contributed by atoms with Crippen LogP contribution in [0.5, 0.6) is 0 Å². The molecule has 1 atom stereocenters. The molecule has 0 fully saturated rings. The van der Waals surface area contributed by atoms with Crippen LogP contribution in [0.4, 0.5) is 4.79 Å². The van der Waals surface area contributed by atoms with Crippen LogP contribution >= 0.6 is 0 Å². The van der Waals surface area contributed by atoms with E-state index < -0.39 is 18.1 Å². The summed E-state index contributed by atoms with van der Waals surface area (Å²) in [5, 5.41) is 0. The predicted molar refractivity (Wildman–Crippen MR) is 35.5 cm³/mol. The number of ether oxygens (including phenoxy) is 2. The van der Waals surface area contributed by atoms with Crippen LogP contribution in [-0.2, 0) is 14.3 Å². The maximum atomic E-state index is 10.4. The summed E-state index contributed by atoms with van der Waals surface area (Å²) < 4.78 is 8.82. The summed E-state index contributed by atoms with van der Waals surface area (Å²) in [6.07, 6.45) is -2.15. The molecule has 64 valence electrons. The third-order valence-corrected chi connectivity index (χ3v) is 0.894. The summed E-state index contributed by atoms with van der Waals surface area (Å²) in [5.74, 6) is -0.786. The Balaban J connectivity index is 3.89. The lowest BCUT2D eigenvalue weighted by atomic mass is 10.4. The van der Waals surface area contributed by atoms with Crippen LogP contribution in [0.25, 0.3) is 0 Å². The van der Waals surface area contributed by atoms with Gasteiger partial charge in [-0.3, -0.25) is 4.79 Å². The standard InChI is InChI=1S/C5H10N2O4/c1-10-2-3(4(6)8)11-5(7)9/h3H,2H2,1H3,(H2,6,8)(H2,7,9). The fraction of sp³-hybridized carbons (Fsp3) is 0.600. The number of rotatable bonds is 4. The molecule has 0 aliphatic carbocycles. The van der Waals surface area contributed by atoms with Crippen LogP contribution in [0.3, 0.4) is 0 Å². The fourth-order valence-electron chi connectivity index (χ4n) is 0.466. The molecule has 6 nitrogen and oxygen atoms in total. The van der Waals surface area contributed by atoms with E-state index in [-0.39, 0.29) is 6.61 Å². The minimum absolute atomic E-state index is 0.0850. The van der Waals surface area contributed by atoms with Gasteiger partial charge < -0.3 is 20.9 Å². The highest BCUT2D eigenvalue weighted by molar-refractivity contribution is 5.81. The van der Waals surface area contributed by atoms with Gasteiger partial charge in [-0.25, -0.2) is 4.79 Å². The minimum Gasteiger partial charge on any atom is -0.434 e. The average Bonchev–Trinajstić information content (AvgIpc) is 1.86. The van der Waals surface area contributed by atoms with Gasteiger partial charge in [0, 0.05) is 7.11 Å². The van der Waals surface area contributed by atoms with Crippen LogP contribution in [0.2, 0.25) is 0 Å². The number of nitrogens with two attached hydrogens (primary N) is 2. The first-order valence-electron chi connectivity index (χ1n) is 2.82. The van der Waals surface area contributed by atoms with Crippen molar-refractivity contribution < 1.29 is 19.1 Å². The number of amides is 2. The van der Waals surface area contributed by atoms with E-state index in [9.17, 15) is 9.59 Å². The van der Waals surface area contributed by atoms with Crippen LogP contribution in [0, 0.1) is 0 Å². The molecule has 0 heterocycles. The van der Waals surface area contributed by atoms with Crippen LogP contribution in [0.15, 0.2) is 0 Å². The van der Waals surface area contributed by atoms with E-state index in [1.54, 1.807) is 0 Å². The van der Waals surface area contributed by atoms with Gasteiger partial charge in [0.1, 0.15) is 0 Å². The van der Waals surface area contributed by atoms with E-state index in [4.69, 9.17) is 5.73 Å². The number of primary amides is 2. The maximum absolute atomic E-state index is 10.4. The second-order valence-corrected chi connectivity index (χ2v) is 1.78. The monoisotopic (exact) mass is 162 g/mol. The molecule has 0 radical (unpaired) electrons. The van der Waals surface area contributed by atoms with E-state index in [0.717, 1.165) is 0 Å². The maximum Gasteiger partial charge on any atom is 0.405 e. The van der Waals surface area contributed by atoms with Crippen molar-refractivity contribution in [2.24, 2.45) is 11.5 Å². The molecular weight excluding hydrogens is 152 g/mol. The molecule has 0 saturated carbocycles. The Kier molecular flexibility index (Phi) is 3.97. The van der Waals surface area contributed by atoms with Gasteiger partial charge in [-0.15, -0.1) is 0 Å². The molecule has 0 saturated heterocycles. The van der Waals surface area contributed by atoms with E-state index in [0.29, 0.717) is 0 Å². The molecule has 0 bridgehead atoms. The van der Waals surface area contributed by atoms with Gasteiger partial charge in [-0.2, -0.15) is 0 Å². The highest BCUT2D eigenvalue weighted by Crippen LogP contribution is 1.90. The minimum atomic E-state index is -1.10. The van der Waals surface area contributed by atoms with Gasteiger partial charge in [0.2, 0.25) is 6.10 Å². The lowest BCUT2D eigenvalue weighted by Crippen LogP contribution is -2.38. The Labute approximate surface area is 63.4 Å². The van der Waals surface area contributed by atoms with E-state index in [1.807, 2.05) is 0 Å². The van der Waals surface area contributed by atoms with Gasteiger partial charge in [-0.1, -0.05) is 0 Å². The van der Waals surface area contributed by atoms with Crippen molar-refractivity contribution in [2.75, 3.05) is 13.7 Å². The van der Waals surface area contributed by atoms with Crippen LogP contribution < -0.4 is 11.5 Å². The molecule has 0 aromatic carbocycles. The summed E-state index contributed by atoms with van der Waals surface area (Å²) in [7, 11) is 1.35. The SMILES string of the molecule is COCC(OC(N)=O)C(N)=O. The zero-order valence-corrected chi connectivity index (χ0v) is 6.07. The Morgan fingerprint density at radius 3 is 2.27 bits per heavy atom. The molecule has 0 aromatic rings. The number of carbonyl (C=O) groups is 2. The van der Waals surface area contributed by atoms with Crippen molar-refractivity contribution in [3.63, 3.8) is 0 Å². The Morgan fingerprint density at radius 1 is 1.45 bits per heavy atom. The summed E-state index contributed by atoms with van der Waals surface area (Å²) in [6, 6.07) is 0. The van der Waals surface area contributed by atoms with Gasteiger partial charge >= 0.3 is 6.09 Å². The van der Waals surface area contributed by atoms with Gasteiger partial charge in [0.25, 0.3) is 5.91 Å². The molecule has 1 unspecified atom stereocenters. The predicted octanol–water partition coefficient (Wildman–Crippen LogP) is -1.42. The molecule has 0 aromatic heterocycles. The zero-order valence-electron chi connectivity index (χ0n) is 6.07. The quantitative estimate of drug-likeness (QED) is 0.529. The van der Waals surface area contributed by atoms with Gasteiger partial charge in [-0.05, 0) is 0 Å². The highest BCUT2D eigenvalue weighted by atomic mass is 16.6. The van der Waals surface area contributed by atoms with Crippen molar-refractivity contribution in [1.29, 1.82) is 0 Å². The molecule has 0 aliphatic heterocycles. The number of carbonyl (C=O) groups excluding carboxylic acids is 2. The molecular formula is C5H10N2O4. The average molecular weight is 162 g/mol. The Bertz CT molecular complexity index is 159. The summed E-state index contributed by atoms with van der Waals surface area (Å²) >= 11 is 0. The smallest absolute Gasteiger partial charge is 0.405 e. The fourth-order valence-corrected chi connectivity index (χ4v) is 0.466. The van der Waals surface area contributed by atoms with E-state index in [2.05, 4.69) is 15.2 Å². The first-order chi connectivity index (χ1) is 5.07. The van der Waals surface area contributed by atoms with Crippen LogP contribution in [0.1, 0.15) is 0 Å². The largest absolute Gasteiger partial charge is 0.434 e. The van der Waals surface area contributed by atoms with E-state index >= 15 is 0 Å². The molecule has 0 aliphatic rings. The highest BCUT2D eigenvalue weighted by Gasteiger charge is 2.17. The lowest BCUT2D eigenvalue weighted by Gasteiger charge is -2.10. The first kappa shape index (κ1) is 9.70. The first-order valence-corrected chi connectivity index (χ1v) is 2.82. The summed E-state index contributed by atoms with van der Waals surface area (Å²) in [5.41, 5.74) is 9.46. The molecule has 4 N–H and O–H groups in total. The van der Waals surface area contributed by atoms with Crippen molar-refractivity contribution in [3.05, 3.63) is 0 Å². The number of hydrogen-bond acceptors (Lipinski definition) is 4. The zero-order chi connectivity index (χ0) is 8.85. The Morgan fingerprint density at radius 2 is 2.00 bits per heavy atom. The molecule has 2 amide bonds. The van der Waals surface area contributed by atoms with Gasteiger partial charge in [0.15, 0.2) is 0 Å². The molecule has 11 heavy (non-hydrogen) atoms. The second-order valence-electron chi connectivity index (χ2n) is 1.78. The normalized spacial score (nSPS) is 12.1. The van der Waals surface area contributed by atoms with Gasteiger partial charge in [0.05, 0.1) is 6.61 Å². The van der Waals surface area contributed by atoms with Crippen LogP contribution in [-0.4, -0.2) is 31.8 Å². The van der Waals surface area contributed by atoms with Crippen molar-refractivity contribution in [2.45, 2.75) is 6.10 Å². The summed E-state index contributed by atoms with van der Waals surface area (Å²) in [4.78, 5) is 20.6. The molecule has 0 spiro atoms. The molecule has 0 rings (SSSR count). The molecule has 6 heteroatoms. The summed E-state index contributed by atoms with van der Waals surface area (Å²) in [6.45, 7) is -0.0850. The topological polar surface area (TPSA) is 105 Å². The van der Waals surface area contributed by atoms with Crippen molar-refractivity contribution in [3.8, 4) is 0 Å². The lowest BCUT2D eigenvalue weighted by molar-refractivity contribution is -0.128. The third kappa shape index (κ3) is 4.15. The third-order valence-electron chi connectivity index (χ3n) is 0.894. The van der Waals surface area contributed by atoms with E-state index in [1.165, 1.54) is 7.11 Å². The van der Waals surface area contributed by atoms with Crippen molar-refractivity contribution in [1.82, 2.24) is 0 Å². The number of methoxy groups -OCH3 is 1.